The van der Waals surface area contributed by atoms with Crippen molar-refractivity contribution in [2.75, 3.05) is 19.5 Å². The maximum Gasteiger partial charge on any atom is 0.227 e. The van der Waals surface area contributed by atoms with E-state index < -0.39 is 0 Å². The molecule has 2 heterocycles. The highest BCUT2D eigenvalue weighted by molar-refractivity contribution is 7.17. The summed E-state index contributed by atoms with van der Waals surface area (Å²) in [5.74, 6) is 2.06. The molecule has 0 fully saturated rings. The third-order valence-corrected chi connectivity index (χ3v) is 6.35. The molecule has 7 heteroatoms. The molecule has 4 rings (SSSR count). The van der Waals surface area contributed by atoms with Crippen LogP contribution < -0.4 is 14.8 Å². The van der Waals surface area contributed by atoms with Gasteiger partial charge in [-0.05, 0) is 66.6 Å². The van der Waals surface area contributed by atoms with Gasteiger partial charge < -0.3 is 14.8 Å². The van der Waals surface area contributed by atoms with E-state index in [4.69, 9.17) is 9.47 Å². The van der Waals surface area contributed by atoms with Crippen LogP contribution in [0.15, 0.2) is 72.9 Å². The lowest BCUT2D eigenvalue weighted by Gasteiger charge is -2.10. The van der Waals surface area contributed by atoms with Crippen LogP contribution in [0.4, 0.5) is 11.6 Å². The molecule has 0 bridgehead atoms. The van der Waals surface area contributed by atoms with Gasteiger partial charge in [0, 0.05) is 17.8 Å². The van der Waals surface area contributed by atoms with E-state index in [-0.39, 0.29) is 11.7 Å². The number of hydrogen-bond acceptors (Lipinski definition) is 7. The van der Waals surface area contributed by atoms with Gasteiger partial charge in [0.1, 0.15) is 11.5 Å². The minimum absolute atomic E-state index is 0.125. The first kappa shape index (κ1) is 22.5. The summed E-state index contributed by atoms with van der Waals surface area (Å²) in [5.41, 5.74) is 2.71. The van der Waals surface area contributed by atoms with Crippen LogP contribution in [0.1, 0.15) is 22.2 Å². The lowest BCUT2D eigenvalue weighted by molar-refractivity contribution is 0.0933. The summed E-state index contributed by atoms with van der Waals surface area (Å²) in [5, 5.41) is 3.20. The first-order chi connectivity index (χ1) is 16.1. The summed E-state index contributed by atoms with van der Waals surface area (Å²) >= 11 is 1.45. The zero-order valence-corrected chi connectivity index (χ0v) is 19.6. The van der Waals surface area contributed by atoms with Gasteiger partial charge in [0.2, 0.25) is 5.95 Å². The maximum absolute atomic E-state index is 13.0. The Kier molecular flexibility index (Phi) is 7.00. The second kappa shape index (κ2) is 10.3. The van der Waals surface area contributed by atoms with Gasteiger partial charge in [-0.25, -0.2) is 9.97 Å². The molecule has 2 aromatic heterocycles. The molecular formula is C26H25N3O3S. The van der Waals surface area contributed by atoms with Gasteiger partial charge >= 0.3 is 0 Å². The SMILES string of the molecule is COc1ccc(Nc2nccc(-c3ccc(C(=O)[C@H](C)Cc4cccc(OC)c4)s3)n2)cc1. The lowest BCUT2D eigenvalue weighted by atomic mass is 9.96. The van der Waals surface area contributed by atoms with Crippen molar-refractivity contribution >= 4 is 28.8 Å². The quantitative estimate of drug-likeness (QED) is 0.308. The second-order valence-corrected chi connectivity index (χ2v) is 8.69. The molecular weight excluding hydrogens is 434 g/mol. The molecule has 168 valence electrons. The highest BCUT2D eigenvalue weighted by atomic mass is 32.1. The fraction of sp³-hybridized carbons (Fsp3) is 0.192. The number of anilines is 2. The van der Waals surface area contributed by atoms with Crippen LogP contribution in [-0.4, -0.2) is 30.0 Å². The van der Waals surface area contributed by atoms with E-state index in [1.54, 1.807) is 20.4 Å². The summed E-state index contributed by atoms with van der Waals surface area (Å²) in [4.78, 5) is 23.6. The Labute approximate surface area is 197 Å². The van der Waals surface area contributed by atoms with Crippen LogP contribution in [-0.2, 0) is 6.42 Å². The number of nitrogens with zero attached hydrogens (tertiary/aromatic N) is 2. The molecule has 0 saturated carbocycles. The van der Waals surface area contributed by atoms with Gasteiger partial charge in [0.05, 0.1) is 29.7 Å². The van der Waals surface area contributed by atoms with Gasteiger partial charge in [-0.1, -0.05) is 19.1 Å². The number of ketones is 1. The Balaban J connectivity index is 1.45. The average Bonchev–Trinajstić information content (AvgIpc) is 3.35. The van der Waals surface area contributed by atoms with Crippen molar-refractivity contribution in [3.8, 4) is 22.1 Å². The number of aromatic nitrogens is 2. The number of nitrogens with one attached hydrogen (secondary N) is 1. The zero-order valence-electron chi connectivity index (χ0n) is 18.7. The molecule has 0 aliphatic heterocycles. The van der Waals surface area contributed by atoms with E-state index in [9.17, 15) is 4.79 Å². The van der Waals surface area contributed by atoms with Crippen molar-refractivity contribution in [2.45, 2.75) is 13.3 Å². The summed E-state index contributed by atoms with van der Waals surface area (Å²) in [6.07, 6.45) is 2.37. The van der Waals surface area contributed by atoms with Gasteiger partial charge in [-0.2, -0.15) is 0 Å². The molecule has 0 aliphatic carbocycles. The molecule has 0 spiro atoms. The molecule has 2 aromatic carbocycles. The molecule has 6 nitrogen and oxygen atoms in total. The van der Waals surface area contributed by atoms with Crippen molar-refractivity contribution in [1.82, 2.24) is 9.97 Å². The second-order valence-electron chi connectivity index (χ2n) is 7.60. The summed E-state index contributed by atoms with van der Waals surface area (Å²) in [7, 11) is 3.28. The van der Waals surface area contributed by atoms with E-state index in [0.717, 1.165) is 38.2 Å². The number of Topliss-reactive ketones (excluding diaryl/α,β-unsaturated/α-hetero) is 1. The van der Waals surface area contributed by atoms with E-state index >= 15 is 0 Å². The lowest BCUT2D eigenvalue weighted by Crippen LogP contribution is -2.12. The van der Waals surface area contributed by atoms with Crippen molar-refractivity contribution in [2.24, 2.45) is 5.92 Å². The van der Waals surface area contributed by atoms with Crippen LogP contribution >= 0.6 is 11.3 Å². The first-order valence-electron chi connectivity index (χ1n) is 10.6. The van der Waals surface area contributed by atoms with Gasteiger partial charge in [0.25, 0.3) is 0 Å². The summed E-state index contributed by atoms with van der Waals surface area (Å²) < 4.78 is 10.5. The first-order valence-corrected chi connectivity index (χ1v) is 11.4. The van der Waals surface area contributed by atoms with E-state index in [0.29, 0.717) is 12.4 Å². The van der Waals surface area contributed by atoms with Crippen molar-refractivity contribution < 1.29 is 14.3 Å². The predicted molar refractivity (Wildman–Crippen MR) is 132 cm³/mol. The molecule has 0 amide bonds. The molecule has 0 aliphatic rings. The number of methoxy groups -OCH3 is 2. The maximum atomic E-state index is 13.0. The van der Waals surface area contributed by atoms with Crippen LogP contribution in [0.25, 0.3) is 10.6 Å². The number of ether oxygens (including phenoxy) is 2. The van der Waals surface area contributed by atoms with Crippen LogP contribution in [0.5, 0.6) is 11.5 Å². The van der Waals surface area contributed by atoms with Gasteiger partial charge in [-0.3, -0.25) is 4.79 Å². The summed E-state index contributed by atoms with van der Waals surface area (Å²) in [6.45, 7) is 1.96. The highest BCUT2D eigenvalue weighted by Crippen LogP contribution is 2.30. The number of rotatable bonds is 9. The standard InChI is InChI=1S/C26H25N3O3S/c1-17(15-18-5-4-6-21(16-18)32-3)25(30)24-12-11-23(33-24)22-13-14-27-26(29-22)28-19-7-9-20(31-2)10-8-19/h4-14,16-17H,15H2,1-3H3,(H,27,28,29)/t17-/m1/s1. The average molecular weight is 460 g/mol. The van der Waals surface area contributed by atoms with Crippen LogP contribution in [0, 0.1) is 5.92 Å². The Bertz CT molecular complexity index is 1240. The number of hydrogen-bond donors (Lipinski definition) is 1. The monoisotopic (exact) mass is 459 g/mol. The molecule has 0 radical (unpaired) electrons. The Morgan fingerprint density at radius 2 is 1.79 bits per heavy atom. The Hall–Kier alpha value is -3.71. The third-order valence-electron chi connectivity index (χ3n) is 5.23. The third kappa shape index (κ3) is 5.56. The minimum Gasteiger partial charge on any atom is -0.497 e. The molecule has 33 heavy (non-hydrogen) atoms. The molecule has 0 saturated heterocycles. The van der Waals surface area contributed by atoms with E-state index in [1.165, 1.54) is 11.3 Å². The molecule has 1 atom stereocenters. The number of carbonyl (C=O) groups excluding carboxylic acids is 1. The Morgan fingerprint density at radius 3 is 2.55 bits per heavy atom. The van der Waals surface area contributed by atoms with Crippen molar-refractivity contribution in [3.63, 3.8) is 0 Å². The Morgan fingerprint density at radius 1 is 1.00 bits per heavy atom. The zero-order chi connectivity index (χ0) is 23.2. The number of benzene rings is 2. The predicted octanol–water partition coefficient (Wildman–Crippen LogP) is 6.03. The number of thiophene rings is 1. The highest BCUT2D eigenvalue weighted by Gasteiger charge is 2.19. The summed E-state index contributed by atoms with van der Waals surface area (Å²) in [6, 6.07) is 21.1. The topological polar surface area (TPSA) is 73.3 Å². The molecule has 1 N–H and O–H groups in total. The fourth-order valence-electron chi connectivity index (χ4n) is 3.46. The normalized spacial score (nSPS) is 11.6. The number of carbonyl (C=O) groups is 1. The minimum atomic E-state index is -0.138. The van der Waals surface area contributed by atoms with Crippen molar-refractivity contribution in [1.29, 1.82) is 0 Å². The van der Waals surface area contributed by atoms with E-state index in [1.807, 2.05) is 73.7 Å². The van der Waals surface area contributed by atoms with Crippen LogP contribution in [0.3, 0.4) is 0 Å². The van der Waals surface area contributed by atoms with Crippen LogP contribution in [0.2, 0.25) is 0 Å². The smallest absolute Gasteiger partial charge is 0.227 e. The van der Waals surface area contributed by atoms with Crippen molar-refractivity contribution in [3.05, 3.63) is 83.4 Å². The fourth-order valence-corrected chi connectivity index (χ4v) is 4.49. The molecule has 4 aromatic rings. The van der Waals surface area contributed by atoms with E-state index in [2.05, 4.69) is 15.3 Å². The largest absolute Gasteiger partial charge is 0.497 e. The van der Waals surface area contributed by atoms with Gasteiger partial charge in [-0.15, -0.1) is 11.3 Å². The molecule has 0 unspecified atom stereocenters. The van der Waals surface area contributed by atoms with Gasteiger partial charge in [0.15, 0.2) is 5.78 Å².